The highest BCUT2D eigenvalue weighted by atomic mass is 127. The molecule has 1 amide bonds. The van der Waals surface area contributed by atoms with Crippen LogP contribution in [0.2, 0.25) is 0 Å². The largest absolute Gasteiger partial charge is 0.357 e. The number of amides is 1. The predicted molar refractivity (Wildman–Crippen MR) is 124 cm³/mol. The Labute approximate surface area is 182 Å². The Morgan fingerprint density at radius 3 is 2.26 bits per heavy atom. The molecule has 1 aliphatic carbocycles. The molecule has 1 heterocycles. The average Bonchev–Trinajstić information content (AvgIpc) is 3.45. The molecule has 2 rings (SSSR count). The van der Waals surface area contributed by atoms with Gasteiger partial charge in [0.15, 0.2) is 5.96 Å². The monoisotopic (exact) mass is 493 g/mol. The maximum atomic E-state index is 11.7. The van der Waals surface area contributed by atoms with Crippen LogP contribution in [0.4, 0.5) is 0 Å². The first-order valence-corrected chi connectivity index (χ1v) is 10.5. The molecule has 6 nitrogen and oxygen atoms in total. The number of halogens is 1. The summed E-state index contributed by atoms with van der Waals surface area (Å²) in [5, 5.41) is 9.65. The SMILES string of the molecule is CCNC(=NCC(C(C)C)N1CCC(C)CC1)NCCNC(=O)C1CC1.I. The minimum atomic E-state index is 0. The van der Waals surface area contributed by atoms with Gasteiger partial charge in [-0.3, -0.25) is 14.7 Å². The predicted octanol–water partition coefficient (Wildman–Crippen LogP) is 2.44. The van der Waals surface area contributed by atoms with E-state index in [1.54, 1.807) is 0 Å². The molecule has 3 N–H and O–H groups in total. The van der Waals surface area contributed by atoms with E-state index in [0.717, 1.165) is 37.8 Å². The number of rotatable bonds is 9. The molecule has 1 unspecified atom stereocenters. The van der Waals surface area contributed by atoms with E-state index in [2.05, 4.69) is 48.5 Å². The lowest BCUT2D eigenvalue weighted by Gasteiger charge is -2.38. The average molecular weight is 493 g/mol. The van der Waals surface area contributed by atoms with Crippen molar-refractivity contribution in [2.75, 3.05) is 39.3 Å². The van der Waals surface area contributed by atoms with Crippen LogP contribution in [0.3, 0.4) is 0 Å². The van der Waals surface area contributed by atoms with Crippen molar-refractivity contribution in [1.29, 1.82) is 0 Å². The number of likely N-dealkylation sites (tertiary alicyclic amines) is 1. The maximum absolute atomic E-state index is 11.7. The number of carbonyl (C=O) groups excluding carboxylic acids is 1. The first-order valence-electron chi connectivity index (χ1n) is 10.5. The Morgan fingerprint density at radius 2 is 1.70 bits per heavy atom. The van der Waals surface area contributed by atoms with Crippen LogP contribution in [-0.4, -0.2) is 62.1 Å². The summed E-state index contributed by atoms with van der Waals surface area (Å²) in [5.41, 5.74) is 0. The number of carbonyl (C=O) groups is 1. The molecule has 0 spiro atoms. The van der Waals surface area contributed by atoms with E-state index in [-0.39, 0.29) is 35.8 Å². The summed E-state index contributed by atoms with van der Waals surface area (Å²) in [5.74, 6) is 2.77. The van der Waals surface area contributed by atoms with E-state index in [4.69, 9.17) is 4.99 Å². The number of aliphatic imine (C=N–C) groups is 1. The zero-order chi connectivity index (χ0) is 18.9. The second-order valence-electron chi connectivity index (χ2n) is 8.24. The molecule has 1 saturated heterocycles. The van der Waals surface area contributed by atoms with Crippen molar-refractivity contribution in [1.82, 2.24) is 20.9 Å². The Bertz CT molecular complexity index is 459. The minimum absolute atomic E-state index is 0. The molecule has 27 heavy (non-hydrogen) atoms. The van der Waals surface area contributed by atoms with Crippen molar-refractivity contribution < 1.29 is 4.79 Å². The van der Waals surface area contributed by atoms with Gasteiger partial charge < -0.3 is 16.0 Å². The molecule has 2 aliphatic rings. The molecular formula is C20H40IN5O. The van der Waals surface area contributed by atoms with Crippen molar-refractivity contribution in [3.8, 4) is 0 Å². The van der Waals surface area contributed by atoms with Gasteiger partial charge in [-0.25, -0.2) is 0 Å². The number of nitrogens with one attached hydrogen (secondary N) is 3. The van der Waals surface area contributed by atoms with Gasteiger partial charge in [-0.1, -0.05) is 20.8 Å². The number of hydrogen-bond donors (Lipinski definition) is 3. The number of nitrogens with zero attached hydrogens (tertiary/aromatic N) is 2. The smallest absolute Gasteiger partial charge is 0.223 e. The highest BCUT2D eigenvalue weighted by Gasteiger charge is 2.29. The quantitative estimate of drug-likeness (QED) is 0.200. The van der Waals surface area contributed by atoms with Gasteiger partial charge in [-0.15, -0.1) is 24.0 Å². The molecule has 1 aliphatic heterocycles. The van der Waals surface area contributed by atoms with E-state index < -0.39 is 0 Å². The lowest BCUT2D eigenvalue weighted by molar-refractivity contribution is -0.122. The van der Waals surface area contributed by atoms with E-state index in [1.165, 1.54) is 25.9 Å². The lowest BCUT2D eigenvalue weighted by atomic mass is 9.94. The summed E-state index contributed by atoms with van der Waals surface area (Å²) in [4.78, 5) is 19.1. The van der Waals surface area contributed by atoms with E-state index >= 15 is 0 Å². The van der Waals surface area contributed by atoms with Gasteiger partial charge in [0.25, 0.3) is 0 Å². The summed E-state index contributed by atoms with van der Waals surface area (Å²) in [6.45, 7) is 14.4. The van der Waals surface area contributed by atoms with Crippen LogP contribution in [0.25, 0.3) is 0 Å². The Kier molecular flexibility index (Phi) is 11.6. The van der Waals surface area contributed by atoms with Gasteiger partial charge in [-0.05, 0) is 57.5 Å². The first-order chi connectivity index (χ1) is 12.5. The third-order valence-corrected chi connectivity index (χ3v) is 5.50. The van der Waals surface area contributed by atoms with Gasteiger partial charge in [0, 0.05) is 31.6 Å². The highest BCUT2D eigenvalue weighted by molar-refractivity contribution is 14.0. The molecule has 7 heteroatoms. The van der Waals surface area contributed by atoms with Crippen LogP contribution in [0.15, 0.2) is 4.99 Å². The summed E-state index contributed by atoms with van der Waals surface area (Å²) in [7, 11) is 0. The van der Waals surface area contributed by atoms with E-state index in [0.29, 0.717) is 25.0 Å². The van der Waals surface area contributed by atoms with Crippen LogP contribution in [0, 0.1) is 17.8 Å². The molecule has 1 saturated carbocycles. The van der Waals surface area contributed by atoms with Crippen LogP contribution in [-0.2, 0) is 4.79 Å². The zero-order valence-electron chi connectivity index (χ0n) is 17.6. The number of guanidine groups is 1. The summed E-state index contributed by atoms with van der Waals surface area (Å²) in [6.07, 6.45) is 4.70. The zero-order valence-corrected chi connectivity index (χ0v) is 19.9. The fourth-order valence-electron chi connectivity index (χ4n) is 3.49. The van der Waals surface area contributed by atoms with Gasteiger partial charge >= 0.3 is 0 Å². The highest BCUT2D eigenvalue weighted by Crippen LogP contribution is 2.28. The topological polar surface area (TPSA) is 68.8 Å². The van der Waals surface area contributed by atoms with Crippen LogP contribution >= 0.6 is 24.0 Å². The van der Waals surface area contributed by atoms with Crippen molar-refractivity contribution in [3.63, 3.8) is 0 Å². The van der Waals surface area contributed by atoms with E-state index in [1.807, 2.05) is 0 Å². The standard InChI is InChI=1S/C20H39N5O.HI/c1-5-21-20(23-11-10-22-19(26)17-6-7-17)24-14-18(15(2)3)25-12-8-16(4)9-13-25;/h15-18H,5-14H2,1-4H3,(H,22,26)(H2,21,23,24);1H. The van der Waals surface area contributed by atoms with E-state index in [9.17, 15) is 4.79 Å². The third-order valence-electron chi connectivity index (χ3n) is 5.50. The second-order valence-corrected chi connectivity index (χ2v) is 8.24. The Hall–Kier alpha value is -0.570. The minimum Gasteiger partial charge on any atom is -0.357 e. The van der Waals surface area contributed by atoms with Crippen molar-refractivity contribution in [2.24, 2.45) is 22.7 Å². The summed E-state index contributed by atoms with van der Waals surface area (Å²) < 4.78 is 0. The second kappa shape index (κ2) is 12.8. The van der Waals surface area contributed by atoms with Gasteiger partial charge in [0.05, 0.1) is 6.54 Å². The molecular weight excluding hydrogens is 453 g/mol. The van der Waals surface area contributed by atoms with Gasteiger partial charge in [-0.2, -0.15) is 0 Å². The molecule has 0 aromatic rings. The van der Waals surface area contributed by atoms with Crippen LogP contribution < -0.4 is 16.0 Å². The first kappa shape index (κ1) is 24.5. The number of piperidine rings is 1. The summed E-state index contributed by atoms with van der Waals surface area (Å²) >= 11 is 0. The summed E-state index contributed by atoms with van der Waals surface area (Å²) in [6, 6.07) is 0.493. The van der Waals surface area contributed by atoms with Gasteiger partial charge in [0.2, 0.25) is 5.91 Å². The molecule has 2 fully saturated rings. The maximum Gasteiger partial charge on any atom is 0.223 e. The molecule has 0 aromatic carbocycles. The molecule has 158 valence electrons. The third kappa shape index (κ3) is 8.98. The normalized spacial score (nSPS) is 20.1. The Balaban J connectivity index is 0.00000364. The molecule has 1 atom stereocenters. The fraction of sp³-hybridized carbons (Fsp3) is 0.900. The van der Waals surface area contributed by atoms with Crippen molar-refractivity contribution in [2.45, 2.75) is 59.4 Å². The lowest BCUT2D eigenvalue weighted by Crippen LogP contribution is -2.47. The van der Waals surface area contributed by atoms with Crippen molar-refractivity contribution in [3.05, 3.63) is 0 Å². The molecule has 0 bridgehead atoms. The van der Waals surface area contributed by atoms with Crippen LogP contribution in [0.1, 0.15) is 53.4 Å². The fourth-order valence-corrected chi connectivity index (χ4v) is 3.49. The van der Waals surface area contributed by atoms with Crippen LogP contribution in [0.5, 0.6) is 0 Å². The number of hydrogen-bond acceptors (Lipinski definition) is 3. The molecule has 0 aromatic heterocycles. The Morgan fingerprint density at radius 1 is 1.07 bits per heavy atom. The van der Waals surface area contributed by atoms with Gasteiger partial charge in [0.1, 0.15) is 0 Å². The molecule has 0 radical (unpaired) electrons. The van der Waals surface area contributed by atoms with Crippen molar-refractivity contribution >= 4 is 35.8 Å².